The molecule has 1 unspecified atom stereocenters. The number of nitrogens with two attached hydrogens (primary N) is 1. The van der Waals surface area contributed by atoms with Crippen LogP contribution in [0.5, 0.6) is 0 Å². The Balaban J connectivity index is 3.04. The SMILES string of the molecule is CCC(O)CCNS(=O)(=O)c1c(C)c(C)cc(N)c1C. The van der Waals surface area contributed by atoms with Gasteiger partial charge in [0.05, 0.1) is 11.0 Å². The van der Waals surface area contributed by atoms with E-state index in [9.17, 15) is 13.5 Å². The van der Waals surface area contributed by atoms with Gasteiger partial charge in [0, 0.05) is 12.2 Å². The third-order valence-electron chi connectivity index (χ3n) is 3.59. The van der Waals surface area contributed by atoms with Gasteiger partial charge in [-0.15, -0.1) is 0 Å². The maximum Gasteiger partial charge on any atom is 0.241 e. The van der Waals surface area contributed by atoms with Gasteiger partial charge in [-0.1, -0.05) is 6.92 Å². The maximum absolute atomic E-state index is 12.4. The summed E-state index contributed by atoms with van der Waals surface area (Å²) in [5.74, 6) is 0. The molecule has 0 fully saturated rings. The summed E-state index contributed by atoms with van der Waals surface area (Å²) >= 11 is 0. The third kappa shape index (κ3) is 3.71. The topological polar surface area (TPSA) is 92.4 Å². The fourth-order valence-electron chi connectivity index (χ4n) is 2.08. The highest BCUT2D eigenvalue weighted by Gasteiger charge is 2.22. The summed E-state index contributed by atoms with van der Waals surface area (Å²) in [7, 11) is -3.61. The van der Waals surface area contributed by atoms with Crippen molar-refractivity contribution in [2.45, 2.75) is 51.5 Å². The Morgan fingerprint density at radius 3 is 2.45 bits per heavy atom. The van der Waals surface area contributed by atoms with Gasteiger partial charge in [-0.2, -0.15) is 0 Å². The molecule has 0 saturated heterocycles. The van der Waals surface area contributed by atoms with Crippen LogP contribution in [-0.2, 0) is 10.0 Å². The van der Waals surface area contributed by atoms with Crippen LogP contribution in [0.3, 0.4) is 0 Å². The van der Waals surface area contributed by atoms with E-state index >= 15 is 0 Å². The first-order valence-corrected chi connectivity index (χ1v) is 8.23. The Morgan fingerprint density at radius 2 is 1.90 bits per heavy atom. The fraction of sp³-hybridized carbons (Fsp3) is 0.571. The van der Waals surface area contributed by atoms with Gasteiger partial charge >= 0.3 is 0 Å². The molecule has 0 bridgehead atoms. The lowest BCUT2D eigenvalue weighted by molar-refractivity contribution is 0.162. The quantitative estimate of drug-likeness (QED) is 0.696. The number of aryl methyl sites for hydroxylation is 1. The lowest BCUT2D eigenvalue weighted by atomic mass is 10.1. The number of aliphatic hydroxyl groups excluding tert-OH is 1. The molecule has 1 aromatic carbocycles. The standard InChI is InChI=1S/C14H24N2O3S/c1-5-12(17)6-7-16-20(18,19)14-10(3)9(2)8-13(15)11(14)4/h8,12,16-17H,5-7,15H2,1-4H3. The van der Waals surface area contributed by atoms with Crippen molar-refractivity contribution < 1.29 is 13.5 Å². The maximum atomic E-state index is 12.4. The molecule has 4 N–H and O–H groups in total. The number of anilines is 1. The van der Waals surface area contributed by atoms with Crippen LogP contribution in [0.15, 0.2) is 11.0 Å². The second-order valence-electron chi connectivity index (χ2n) is 5.11. The lowest BCUT2D eigenvalue weighted by Crippen LogP contribution is -2.28. The molecule has 0 aromatic heterocycles. The van der Waals surface area contributed by atoms with Crippen LogP contribution in [0.4, 0.5) is 5.69 Å². The van der Waals surface area contributed by atoms with Crippen molar-refractivity contribution >= 4 is 15.7 Å². The van der Waals surface area contributed by atoms with E-state index in [0.717, 1.165) is 5.56 Å². The highest BCUT2D eigenvalue weighted by Crippen LogP contribution is 2.27. The summed E-state index contributed by atoms with van der Waals surface area (Å²) in [4.78, 5) is 0.251. The molecular weight excluding hydrogens is 276 g/mol. The summed E-state index contributed by atoms with van der Waals surface area (Å²) in [5, 5.41) is 9.47. The second-order valence-corrected chi connectivity index (χ2v) is 6.81. The first-order chi connectivity index (χ1) is 9.20. The Morgan fingerprint density at radius 1 is 1.30 bits per heavy atom. The third-order valence-corrected chi connectivity index (χ3v) is 5.32. The Hall–Kier alpha value is -1.11. The van der Waals surface area contributed by atoms with E-state index in [1.54, 1.807) is 19.9 Å². The number of hydrogen-bond acceptors (Lipinski definition) is 4. The minimum Gasteiger partial charge on any atom is -0.398 e. The molecule has 114 valence electrons. The van der Waals surface area contributed by atoms with Crippen LogP contribution >= 0.6 is 0 Å². The number of sulfonamides is 1. The van der Waals surface area contributed by atoms with Crippen LogP contribution in [0.25, 0.3) is 0 Å². The molecular formula is C14H24N2O3S. The first-order valence-electron chi connectivity index (χ1n) is 6.74. The normalized spacial score (nSPS) is 13.4. The first kappa shape index (κ1) is 16.9. The average molecular weight is 300 g/mol. The van der Waals surface area contributed by atoms with Gasteiger partial charge in [-0.25, -0.2) is 13.1 Å². The number of rotatable bonds is 6. The summed E-state index contributed by atoms with van der Waals surface area (Å²) in [6.45, 7) is 7.39. The molecule has 0 aliphatic heterocycles. The van der Waals surface area contributed by atoms with E-state index in [2.05, 4.69) is 4.72 Å². The summed E-state index contributed by atoms with van der Waals surface area (Å²) in [6, 6.07) is 1.78. The summed E-state index contributed by atoms with van der Waals surface area (Å²) in [6.07, 6.45) is 0.522. The zero-order valence-corrected chi connectivity index (χ0v) is 13.3. The van der Waals surface area contributed by atoms with Gasteiger partial charge in [-0.05, 0) is 56.4 Å². The molecule has 1 rings (SSSR count). The Kier molecular flexibility index (Phi) is 5.56. The second kappa shape index (κ2) is 6.56. The van der Waals surface area contributed by atoms with Crippen LogP contribution in [-0.4, -0.2) is 26.2 Å². The van der Waals surface area contributed by atoms with Crippen LogP contribution < -0.4 is 10.5 Å². The van der Waals surface area contributed by atoms with Gasteiger partial charge in [-0.3, -0.25) is 0 Å². The number of hydrogen-bond donors (Lipinski definition) is 3. The molecule has 1 aromatic rings. The van der Waals surface area contributed by atoms with Gasteiger partial charge in [0.25, 0.3) is 0 Å². The summed E-state index contributed by atoms with van der Waals surface area (Å²) < 4.78 is 27.3. The van der Waals surface area contributed by atoms with E-state index in [1.165, 1.54) is 0 Å². The van der Waals surface area contributed by atoms with Crippen molar-refractivity contribution in [1.82, 2.24) is 4.72 Å². The molecule has 0 aliphatic rings. The number of benzene rings is 1. The predicted octanol–water partition coefficient (Wildman–Crippen LogP) is 1.63. The van der Waals surface area contributed by atoms with Gasteiger partial charge in [0.1, 0.15) is 0 Å². The van der Waals surface area contributed by atoms with Crippen LogP contribution in [0.1, 0.15) is 36.5 Å². The Bertz CT molecular complexity index is 556. The number of aliphatic hydroxyl groups is 1. The highest BCUT2D eigenvalue weighted by molar-refractivity contribution is 7.89. The van der Waals surface area contributed by atoms with Crippen molar-refractivity contribution in [3.05, 3.63) is 22.8 Å². The molecule has 0 heterocycles. The van der Waals surface area contributed by atoms with Crippen molar-refractivity contribution in [1.29, 1.82) is 0 Å². The summed E-state index contributed by atoms with van der Waals surface area (Å²) in [5.41, 5.74) is 8.45. The smallest absolute Gasteiger partial charge is 0.241 e. The molecule has 0 saturated carbocycles. The molecule has 0 aliphatic carbocycles. The van der Waals surface area contributed by atoms with Gasteiger partial charge in [0.15, 0.2) is 0 Å². The van der Waals surface area contributed by atoms with E-state index in [1.807, 2.05) is 13.8 Å². The molecule has 0 spiro atoms. The van der Waals surface area contributed by atoms with Crippen molar-refractivity contribution in [2.24, 2.45) is 0 Å². The minimum absolute atomic E-state index is 0.212. The lowest BCUT2D eigenvalue weighted by Gasteiger charge is -2.16. The predicted molar refractivity (Wildman–Crippen MR) is 81.2 cm³/mol. The molecule has 0 amide bonds. The number of nitrogens with one attached hydrogen (secondary N) is 1. The molecule has 0 radical (unpaired) electrons. The minimum atomic E-state index is -3.61. The fourth-order valence-corrected chi connectivity index (χ4v) is 3.70. The number of nitrogen functional groups attached to an aromatic ring is 1. The molecule has 5 nitrogen and oxygen atoms in total. The van der Waals surface area contributed by atoms with Gasteiger partial charge in [0.2, 0.25) is 10.0 Å². The largest absolute Gasteiger partial charge is 0.398 e. The van der Waals surface area contributed by atoms with E-state index in [-0.39, 0.29) is 11.4 Å². The van der Waals surface area contributed by atoms with Crippen LogP contribution in [0.2, 0.25) is 0 Å². The van der Waals surface area contributed by atoms with Crippen molar-refractivity contribution in [3.8, 4) is 0 Å². The van der Waals surface area contributed by atoms with Crippen LogP contribution in [0, 0.1) is 20.8 Å². The molecule has 20 heavy (non-hydrogen) atoms. The molecule has 6 heteroatoms. The molecule has 1 atom stereocenters. The van der Waals surface area contributed by atoms with Crippen molar-refractivity contribution in [3.63, 3.8) is 0 Å². The zero-order chi connectivity index (χ0) is 15.5. The van der Waals surface area contributed by atoms with E-state index in [0.29, 0.717) is 29.7 Å². The van der Waals surface area contributed by atoms with Gasteiger partial charge < -0.3 is 10.8 Å². The zero-order valence-electron chi connectivity index (χ0n) is 12.5. The van der Waals surface area contributed by atoms with E-state index in [4.69, 9.17) is 5.73 Å². The monoisotopic (exact) mass is 300 g/mol. The Labute approximate surface area is 121 Å². The average Bonchev–Trinajstić information content (AvgIpc) is 2.36. The van der Waals surface area contributed by atoms with Crippen molar-refractivity contribution in [2.75, 3.05) is 12.3 Å². The highest BCUT2D eigenvalue weighted by atomic mass is 32.2. The van der Waals surface area contributed by atoms with E-state index < -0.39 is 16.1 Å².